The Bertz CT molecular complexity index is 734. The fraction of sp³-hybridized carbons (Fsp3) is 0.0714. The van der Waals surface area contributed by atoms with Gasteiger partial charge in [-0.1, -0.05) is 23.7 Å². The number of benzene rings is 2. The molecule has 0 radical (unpaired) electrons. The standard InChI is InChI=1S/C14H10BrClN2O3/c1-8-5-6-9(18(20)21)7-12(8)17-14(19)10-3-2-4-11(15)13(10)16/h2-7H,1H3,(H,17,19). The summed E-state index contributed by atoms with van der Waals surface area (Å²) >= 11 is 9.30. The summed E-state index contributed by atoms with van der Waals surface area (Å²) < 4.78 is 0.604. The minimum absolute atomic E-state index is 0.0868. The first-order valence-corrected chi connectivity index (χ1v) is 7.07. The van der Waals surface area contributed by atoms with Crippen molar-refractivity contribution in [2.75, 3.05) is 5.32 Å². The minimum Gasteiger partial charge on any atom is -0.321 e. The first-order valence-electron chi connectivity index (χ1n) is 5.90. The second-order valence-electron chi connectivity index (χ2n) is 4.31. The number of carbonyl (C=O) groups excluding carboxylic acids is 1. The van der Waals surface area contributed by atoms with Crippen LogP contribution in [0.4, 0.5) is 11.4 Å². The number of nitrogens with zero attached hydrogens (tertiary/aromatic N) is 1. The third kappa shape index (κ3) is 3.40. The van der Waals surface area contributed by atoms with E-state index in [9.17, 15) is 14.9 Å². The van der Waals surface area contributed by atoms with Crippen LogP contribution in [0, 0.1) is 17.0 Å². The van der Waals surface area contributed by atoms with Gasteiger partial charge in [0.15, 0.2) is 0 Å². The Kier molecular flexibility index (Phi) is 4.59. The molecule has 2 aromatic carbocycles. The number of non-ortho nitro benzene ring substituents is 1. The molecule has 0 aliphatic rings. The normalized spacial score (nSPS) is 10.2. The van der Waals surface area contributed by atoms with Gasteiger partial charge in [-0.15, -0.1) is 0 Å². The maximum Gasteiger partial charge on any atom is 0.271 e. The monoisotopic (exact) mass is 368 g/mol. The Morgan fingerprint density at radius 1 is 1.33 bits per heavy atom. The van der Waals surface area contributed by atoms with Crippen molar-refractivity contribution < 1.29 is 9.72 Å². The minimum atomic E-state index is -0.513. The van der Waals surface area contributed by atoms with Gasteiger partial charge in [-0.2, -0.15) is 0 Å². The maximum absolute atomic E-state index is 12.2. The number of nitro benzene ring substituents is 1. The van der Waals surface area contributed by atoms with Crippen LogP contribution >= 0.6 is 27.5 Å². The number of halogens is 2. The highest BCUT2D eigenvalue weighted by atomic mass is 79.9. The van der Waals surface area contributed by atoms with Gasteiger partial charge < -0.3 is 5.32 Å². The molecule has 0 aliphatic heterocycles. The molecule has 5 nitrogen and oxygen atoms in total. The summed E-state index contributed by atoms with van der Waals surface area (Å²) in [4.78, 5) is 22.5. The van der Waals surface area contributed by atoms with Crippen molar-refractivity contribution in [2.24, 2.45) is 0 Å². The smallest absolute Gasteiger partial charge is 0.271 e. The van der Waals surface area contributed by atoms with Gasteiger partial charge >= 0.3 is 0 Å². The average molecular weight is 370 g/mol. The molecule has 2 rings (SSSR count). The lowest BCUT2D eigenvalue weighted by Gasteiger charge is -2.10. The van der Waals surface area contributed by atoms with Gasteiger partial charge in [0, 0.05) is 16.6 Å². The van der Waals surface area contributed by atoms with Crippen LogP contribution < -0.4 is 5.32 Å². The molecule has 0 aliphatic carbocycles. The van der Waals surface area contributed by atoms with Gasteiger partial charge in [0.1, 0.15) is 0 Å². The lowest BCUT2D eigenvalue weighted by atomic mass is 10.1. The van der Waals surface area contributed by atoms with Crippen molar-refractivity contribution in [1.82, 2.24) is 0 Å². The number of rotatable bonds is 3. The largest absolute Gasteiger partial charge is 0.321 e. The molecule has 0 saturated heterocycles. The predicted molar refractivity (Wildman–Crippen MR) is 84.9 cm³/mol. The number of nitrogens with one attached hydrogen (secondary N) is 1. The molecule has 0 saturated carbocycles. The van der Waals surface area contributed by atoms with E-state index in [0.717, 1.165) is 5.56 Å². The SMILES string of the molecule is Cc1ccc([N+](=O)[O-])cc1NC(=O)c1cccc(Br)c1Cl. The Morgan fingerprint density at radius 3 is 2.71 bits per heavy atom. The molecule has 0 bridgehead atoms. The van der Waals surface area contributed by atoms with Gasteiger partial charge in [0.05, 0.1) is 21.2 Å². The van der Waals surface area contributed by atoms with Gasteiger partial charge in [-0.05, 0) is 40.5 Å². The highest BCUT2D eigenvalue weighted by Gasteiger charge is 2.15. The first kappa shape index (κ1) is 15.5. The summed E-state index contributed by atoms with van der Waals surface area (Å²) in [6, 6.07) is 9.27. The van der Waals surface area contributed by atoms with Crippen LogP contribution in [-0.4, -0.2) is 10.8 Å². The number of nitro groups is 1. The topological polar surface area (TPSA) is 72.2 Å². The second kappa shape index (κ2) is 6.24. The quantitative estimate of drug-likeness (QED) is 0.636. The van der Waals surface area contributed by atoms with Crippen LogP contribution in [-0.2, 0) is 0 Å². The Morgan fingerprint density at radius 2 is 2.05 bits per heavy atom. The molecule has 0 fully saturated rings. The number of hydrogen-bond donors (Lipinski definition) is 1. The highest BCUT2D eigenvalue weighted by Crippen LogP contribution is 2.28. The molecule has 21 heavy (non-hydrogen) atoms. The molecule has 0 aromatic heterocycles. The summed E-state index contributed by atoms with van der Waals surface area (Å²) in [6.07, 6.45) is 0. The van der Waals surface area contributed by atoms with Gasteiger partial charge in [-0.25, -0.2) is 0 Å². The summed E-state index contributed by atoms with van der Waals surface area (Å²) in [7, 11) is 0. The molecule has 7 heteroatoms. The van der Waals surface area contributed by atoms with Gasteiger partial charge in [0.2, 0.25) is 0 Å². The average Bonchev–Trinajstić information content (AvgIpc) is 2.43. The summed E-state index contributed by atoms with van der Waals surface area (Å²) in [6.45, 7) is 1.75. The number of carbonyl (C=O) groups is 1. The van der Waals surface area contributed by atoms with E-state index in [1.807, 2.05) is 0 Å². The highest BCUT2D eigenvalue weighted by molar-refractivity contribution is 9.10. The molecule has 1 amide bonds. The van der Waals surface area contributed by atoms with Crippen molar-refractivity contribution in [3.63, 3.8) is 0 Å². The molecule has 0 unspecified atom stereocenters. The van der Waals surface area contributed by atoms with Crippen molar-refractivity contribution in [3.8, 4) is 0 Å². The van der Waals surface area contributed by atoms with Crippen molar-refractivity contribution in [1.29, 1.82) is 0 Å². The van der Waals surface area contributed by atoms with Crippen LogP contribution in [0.2, 0.25) is 5.02 Å². The van der Waals surface area contributed by atoms with Crippen LogP contribution in [0.3, 0.4) is 0 Å². The summed E-state index contributed by atoms with van der Waals surface area (Å²) in [5.74, 6) is -0.426. The molecule has 0 spiro atoms. The zero-order valence-corrected chi connectivity index (χ0v) is 13.2. The third-order valence-electron chi connectivity index (χ3n) is 2.88. The second-order valence-corrected chi connectivity index (χ2v) is 5.54. The van der Waals surface area contributed by atoms with Crippen molar-refractivity contribution in [2.45, 2.75) is 6.92 Å². The molecular formula is C14H10BrClN2O3. The van der Waals surface area contributed by atoms with Crippen LogP contribution in [0.1, 0.15) is 15.9 Å². The van der Waals surface area contributed by atoms with Crippen LogP contribution in [0.15, 0.2) is 40.9 Å². The molecule has 108 valence electrons. The number of anilines is 1. The maximum atomic E-state index is 12.2. The number of amides is 1. The number of hydrogen-bond acceptors (Lipinski definition) is 3. The van der Waals surface area contributed by atoms with E-state index in [2.05, 4.69) is 21.2 Å². The molecule has 1 N–H and O–H groups in total. The van der Waals surface area contributed by atoms with Crippen LogP contribution in [0.5, 0.6) is 0 Å². The summed E-state index contributed by atoms with van der Waals surface area (Å²) in [5.41, 5.74) is 1.30. The lowest BCUT2D eigenvalue weighted by molar-refractivity contribution is -0.384. The summed E-state index contributed by atoms with van der Waals surface area (Å²) in [5, 5.41) is 13.7. The van der Waals surface area contributed by atoms with E-state index in [0.29, 0.717) is 10.2 Å². The number of aryl methyl sites for hydroxylation is 1. The Balaban J connectivity index is 2.33. The Hall–Kier alpha value is -1.92. The molecular weight excluding hydrogens is 360 g/mol. The Labute approximate surface area is 134 Å². The zero-order valence-electron chi connectivity index (χ0n) is 10.9. The fourth-order valence-corrected chi connectivity index (χ4v) is 2.31. The van der Waals surface area contributed by atoms with Crippen molar-refractivity contribution >= 4 is 44.8 Å². The van der Waals surface area contributed by atoms with E-state index in [4.69, 9.17) is 11.6 Å². The lowest BCUT2D eigenvalue weighted by Crippen LogP contribution is -2.13. The van der Waals surface area contributed by atoms with E-state index in [1.165, 1.54) is 12.1 Å². The zero-order chi connectivity index (χ0) is 15.6. The molecule has 0 atom stereocenters. The fourth-order valence-electron chi connectivity index (χ4n) is 1.73. The molecule has 0 heterocycles. The third-order valence-corrected chi connectivity index (χ3v) is 4.17. The van der Waals surface area contributed by atoms with E-state index >= 15 is 0 Å². The van der Waals surface area contributed by atoms with Gasteiger partial charge in [-0.3, -0.25) is 14.9 Å². The van der Waals surface area contributed by atoms with Crippen LogP contribution in [0.25, 0.3) is 0 Å². The predicted octanol–water partition coefficient (Wildman–Crippen LogP) is 4.57. The van der Waals surface area contributed by atoms with Crippen molar-refractivity contribution in [3.05, 3.63) is 67.1 Å². The van der Waals surface area contributed by atoms with E-state index in [-0.39, 0.29) is 16.3 Å². The van der Waals surface area contributed by atoms with E-state index < -0.39 is 10.8 Å². The van der Waals surface area contributed by atoms with E-state index in [1.54, 1.807) is 31.2 Å². The molecule has 2 aromatic rings. The first-order chi connectivity index (χ1) is 9.90. The van der Waals surface area contributed by atoms with Gasteiger partial charge in [0.25, 0.3) is 11.6 Å².